The van der Waals surface area contributed by atoms with Gasteiger partial charge in [0.25, 0.3) is 5.91 Å². The molecule has 0 N–H and O–H groups in total. The molecule has 0 atom stereocenters. The molecule has 0 radical (unpaired) electrons. The summed E-state index contributed by atoms with van der Waals surface area (Å²) in [4.78, 5) is 18.5. The molecule has 2 aromatic rings. The first-order chi connectivity index (χ1) is 10.5. The van der Waals surface area contributed by atoms with Gasteiger partial charge in [-0.25, -0.2) is 0 Å². The molecule has 0 spiro atoms. The predicted octanol–water partition coefficient (Wildman–Crippen LogP) is 3.32. The van der Waals surface area contributed by atoms with Crippen LogP contribution in [0.1, 0.15) is 17.0 Å². The van der Waals surface area contributed by atoms with Gasteiger partial charge in [-0.2, -0.15) is 0 Å². The summed E-state index contributed by atoms with van der Waals surface area (Å²) < 4.78 is 2.73. The number of thiocarbonyl (C=S) groups is 1. The van der Waals surface area contributed by atoms with Crippen LogP contribution in [0.3, 0.4) is 0 Å². The number of pyridine rings is 1. The van der Waals surface area contributed by atoms with E-state index in [-0.39, 0.29) is 5.91 Å². The second kappa shape index (κ2) is 5.70. The second-order valence-corrected chi connectivity index (χ2v) is 6.79. The number of likely N-dealkylation sites (N-methyl/N-ethyl adjacent to an activating group) is 1. The minimum Gasteiger partial charge on any atom is -0.316 e. The van der Waals surface area contributed by atoms with Gasteiger partial charge in [0, 0.05) is 24.6 Å². The number of carbonyl (C=O) groups excluding carboxylic acids is 1. The van der Waals surface area contributed by atoms with Crippen molar-refractivity contribution in [2.24, 2.45) is 0 Å². The molecule has 3 heterocycles. The zero-order valence-electron chi connectivity index (χ0n) is 12.5. The summed E-state index contributed by atoms with van der Waals surface area (Å²) in [5.74, 6) is -0.0406. The molecule has 0 aliphatic carbocycles. The molecule has 1 amide bonds. The Morgan fingerprint density at radius 2 is 2.14 bits per heavy atom. The molecule has 1 saturated heterocycles. The summed E-state index contributed by atoms with van der Waals surface area (Å²) in [6.07, 6.45) is 5.50. The van der Waals surface area contributed by atoms with Gasteiger partial charge in [0.15, 0.2) is 0 Å². The van der Waals surface area contributed by atoms with Crippen molar-refractivity contribution in [1.82, 2.24) is 14.5 Å². The van der Waals surface area contributed by atoms with E-state index in [1.807, 2.05) is 38.3 Å². The number of hydrogen-bond donors (Lipinski definition) is 0. The van der Waals surface area contributed by atoms with Crippen LogP contribution in [0.25, 0.3) is 11.8 Å². The standard InChI is InChI=1S/C16H15N3OS2/c1-10-7-12(8-14-15(20)18(3)16(21)22-14)11(2)19(10)13-5-4-6-17-9-13/h4-9H,1-3H3. The summed E-state index contributed by atoms with van der Waals surface area (Å²) in [5.41, 5.74) is 4.21. The van der Waals surface area contributed by atoms with Crippen LogP contribution in [0.4, 0.5) is 0 Å². The van der Waals surface area contributed by atoms with Crippen LogP contribution in [0.5, 0.6) is 0 Å². The topological polar surface area (TPSA) is 38.1 Å². The minimum atomic E-state index is -0.0406. The van der Waals surface area contributed by atoms with Crippen molar-refractivity contribution < 1.29 is 4.79 Å². The summed E-state index contributed by atoms with van der Waals surface area (Å²) in [6.45, 7) is 4.08. The van der Waals surface area contributed by atoms with Gasteiger partial charge in [-0.15, -0.1) is 0 Å². The van der Waals surface area contributed by atoms with Gasteiger partial charge < -0.3 is 4.57 Å². The Balaban J connectivity index is 2.05. The summed E-state index contributed by atoms with van der Waals surface area (Å²) in [6, 6.07) is 6.00. The number of thioether (sulfide) groups is 1. The summed E-state index contributed by atoms with van der Waals surface area (Å²) in [5, 5.41) is 0. The lowest BCUT2D eigenvalue weighted by Gasteiger charge is -2.08. The molecule has 0 aromatic carbocycles. The average Bonchev–Trinajstić information content (AvgIpc) is 2.92. The van der Waals surface area contributed by atoms with Crippen molar-refractivity contribution in [2.75, 3.05) is 7.05 Å². The van der Waals surface area contributed by atoms with Crippen LogP contribution in [0.2, 0.25) is 0 Å². The van der Waals surface area contributed by atoms with Crippen molar-refractivity contribution in [3.63, 3.8) is 0 Å². The van der Waals surface area contributed by atoms with Crippen molar-refractivity contribution in [3.8, 4) is 5.69 Å². The maximum Gasteiger partial charge on any atom is 0.265 e. The molecule has 2 aromatic heterocycles. The molecule has 1 fully saturated rings. The molecule has 0 saturated carbocycles. The van der Waals surface area contributed by atoms with E-state index in [0.717, 1.165) is 22.6 Å². The predicted molar refractivity (Wildman–Crippen MR) is 94.0 cm³/mol. The normalized spacial score (nSPS) is 16.9. The smallest absolute Gasteiger partial charge is 0.265 e. The van der Waals surface area contributed by atoms with Crippen molar-refractivity contribution in [3.05, 3.63) is 52.4 Å². The first-order valence-electron chi connectivity index (χ1n) is 6.80. The van der Waals surface area contributed by atoms with E-state index in [1.165, 1.54) is 16.7 Å². The van der Waals surface area contributed by atoms with Crippen LogP contribution in [-0.2, 0) is 4.79 Å². The highest BCUT2D eigenvalue weighted by Crippen LogP contribution is 2.32. The Bertz CT molecular complexity index is 793. The van der Waals surface area contributed by atoms with E-state index in [1.54, 1.807) is 13.2 Å². The van der Waals surface area contributed by atoms with Crippen LogP contribution in [0.15, 0.2) is 35.5 Å². The highest BCUT2D eigenvalue weighted by atomic mass is 32.2. The first-order valence-corrected chi connectivity index (χ1v) is 8.02. The fourth-order valence-electron chi connectivity index (χ4n) is 2.50. The Kier molecular flexibility index (Phi) is 3.88. The quantitative estimate of drug-likeness (QED) is 0.626. The fourth-order valence-corrected chi connectivity index (χ4v) is 3.67. The molecular weight excluding hydrogens is 314 g/mol. The molecule has 0 unspecified atom stereocenters. The number of hydrogen-bond acceptors (Lipinski definition) is 4. The first kappa shape index (κ1) is 15.0. The maximum atomic E-state index is 12.1. The van der Waals surface area contributed by atoms with E-state index in [2.05, 4.69) is 15.6 Å². The second-order valence-electron chi connectivity index (χ2n) is 5.11. The largest absolute Gasteiger partial charge is 0.316 e. The molecule has 6 heteroatoms. The number of nitrogens with zero attached hydrogens (tertiary/aromatic N) is 3. The third-order valence-electron chi connectivity index (χ3n) is 3.65. The van der Waals surface area contributed by atoms with Crippen molar-refractivity contribution in [2.45, 2.75) is 13.8 Å². The van der Waals surface area contributed by atoms with Gasteiger partial charge >= 0.3 is 0 Å². The summed E-state index contributed by atoms with van der Waals surface area (Å²) >= 11 is 6.51. The van der Waals surface area contributed by atoms with Gasteiger partial charge in [-0.05, 0) is 43.7 Å². The molecule has 0 bridgehead atoms. The van der Waals surface area contributed by atoms with Crippen LogP contribution in [0, 0.1) is 13.8 Å². The highest BCUT2D eigenvalue weighted by Gasteiger charge is 2.29. The molecule has 1 aliphatic heterocycles. The van der Waals surface area contributed by atoms with Gasteiger partial charge in [-0.3, -0.25) is 14.7 Å². The molecular formula is C16H15N3OS2. The minimum absolute atomic E-state index is 0.0406. The van der Waals surface area contributed by atoms with E-state index < -0.39 is 0 Å². The zero-order chi connectivity index (χ0) is 15.9. The maximum absolute atomic E-state index is 12.1. The van der Waals surface area contributed by atoms with Gasteiger partial charge in [-0.1, -0.05) is 24.0 Å². The van der Waals surface area contributed by atoms with Gasteiger partial charge in [0.05, 0.1) is 16.8 Å². The molecule has 1 aliphatic rings. The number of aryl methyl sites for hydroxylation is 1. The monoisotopic (exact) mass is 329 g/mol. The molecule has 4 nitrogen and oxygen atoms in total. The molecule has 3 rings (SSSR count). The number of aromatic nitrogens is 2. The van der Waals surface area contributed by atoms with Crippen LogP contribution >= 0.6 is 24.0 Å². The van der Waals surface area contributed by atoms with Gasteiger partial charge in [0.1, 0.15) is 4.32 Å². The van der Waals surface area contributed by atoms with Gasteiger partial charge in [0.2, 0.25) is 0 Å². The summed E-state index contributed by atoms with van der Waals surface area (Å²) in [7, 11) is 1.71. The Morgan fingerprint density at radius 1 is 1.36 bits per heavy atom. The van der Waals surface area contributed by atoms with E-state index in [9.17, 15) is 4.79 Å². The SMILES string of the molecule is Cc1cc(C=C2SC(=S)N(C)C2=O)c(C)n1-c1cccnc1. The Morgan fingerprint density at radius 3 is 2.73 bits per heavy atom. The Labute approximate surface area is 138 Å². The lowest BCUT2D eigenvalue weighted by molar-refractivity contribution is -0.121. The van der Waals surface area contributed by atoms with Crippen LogP contribution < -0.4 is 0 Å². The third-order valence-corrected chi connectivity index (χ3v) is 5.13. The molecule has 22 heavy (non-hydrogen) atoms. The van der Waals surface area contributed by atoms with E-state index in [4.69, 9.17) is 12.2 Å². The zero-order valence-corrected chi connectivity index (χ0v) is 14.2. The van der Waals surface area contributed by atoms with E-state index >= 15 is 0 Å². The fraction of sp³-hybridized carbons (Fsp3) is 0.188. The number of rotatable bonds is 2. The lowest BCUT2D eigenvalue weighted by atomic mass is 10.2. The number of amides is 1. The highest BCUT2D eigenvalue weighted by molar-refractivity contribution is 8.26. The van der Waals surface area contributed by atoms with Crippen LogP contribution in [-0.4, -0.2) is 31.7 Å². The van der Waals surface area contributed by atoms with E-state index in [0.29, 0.717) is 9.23 Å². The van der Waals surface area contributed by atoms with Crippen molar-refractivity contribution in [1.29, 1.82) is 0 Å². The Hall–Kier alpha value is -1.92. The molecule has 112 valence electrons. The number of carbonyl (C=O) groups is 1. The average molecular weight is 329 g/mol. The third kappa shape index (κ3) is 2.48. The van der Waals surface area contributed by atoms with Crippen molar-refractivity contribution >= 4 is 40.3 Å². The lowest BCUT2D eigenvalue weighted by Crippen LogP contribution is -2.22.